The molecular formula is C11H24N2O. The molecule has 0 aromatic heterocycles. The minimum atomic E-state index is 0.204. The molecule has 3 N–H and O–H groups in total. The highest BCUT2D eigenvalue weighted by Crippen LogP contribution is 2.37. The van der Waals surface area contributed by atoms with Crippen LogP contribution in [-0.4, -0.2) is 31.8 Å². The minimum Gasteiger partial charge on any atom is -0.378 e. The number of nitrogens with one attached hydrogen (secondary N) is 1. The lowest BCUT2D eigenvalue weighted by atomic mass is 9.77. The van der Waals surface area contributed by atoms with Crippen LogP contribution < -0.4 is 11.1 Å². The van der Waals surface area contributed by atoms with Crippen LogP contribution in [0.2, 0.25) is 0 Å². The third kappa shape index (κ3) is 3.23. The summed E-state index contributed by atoms with van der Waals surface area (Å²) in [7, 11) is 1.84. The van der Waals surface area contributed by atoms with Gasteiger partial charge in [-0.25, -0.2) is 0 Å². The first-order valence-electron chi connectivity index (χ1n) is 5.71. The fraction of sp³-hybridized carbons (Fsp3) is 1.00. The molecule has 0 aromatic rings. The molecule has 0 amide bonds. The zero-order chi connectivity index (χ0) is 10.4. The van der Waals surface area contributed by atoms with E-state index in [-0.39, 0.29) is 5.60 Å². The Kier molecular flexibility index (Phi) is 4.85. The highest BCUT2D eigenvalue weighted by molar-refractivity contribution is 4.89. The smallest absolute Gasteiger partial charge is 0.0690 e. The topological polar surface area (TPSA) is 47.3 Å². The number of nitrogens with two attached hydrogens (primary N) is 1. The number of ether oxygens (including phenoxy) is 1. The van der Waals surface area contributed by atoms with Crippen LogP contribution in [0.3, 0.4) is 0 Å². The van der Waals surface area contributed by atoms with Crippen molar-refractivity contribution in [2.75, 3.05) is 20.2 Å². The van der Waals surface area contributed by atoms with Gasteiger partial charge < -0.3 is 15.8 Å². The third-order valence-corrected chi connectivity index (χ3v) is 3.37. The fourth-order valence-corrected chi connectivity index (χ4v) is 2.03. The van der Waals surface area contributed by atoms with Gasteiger partial charge in [0.05, 0.1) is 5.60 Å². The van der Waals surface area contributed by atoms with Gasteiger partial charge in [0.15, 0.2) is 0 Å². The summed E-state index contributed by atoms with van der Waals surface area (Å²) >= 11 is 0. The molecule has 1 unspecified atom stereocenters. The van der Waals surface area contributed by atoms with E-state index in [1.807, 2.05) is 7.11 Å². The van der Waals surface area contributed by atoms with Gasteiger partial charge >= 0.3 is 0 Å². The Morgan fingerprint density at radius 1 is 1.50 bits per heavy atom. The van der Waals surface area contributed by atoms with Gasteiger partial charge in [-0.2, -0.15) is 0 Å². The van der Waals surface area contributed by atoms with E-state index in [1.165, 1.54) is 19.3 Å². The molecule has 0 spiro atoms. The van der Waals surface area contributed by atoms with Gasteiger partial charge in [-0.1, -0.05) is 0 Å². The number of hydrogen-bond donors (Lipinski definition) is 2. The monoisotopic (exact) mass is 200 g/mol. The van der Waals surface area contributed by atoms with Gasteiger partial charge in [-0.05, 0) is 52.1 Å². The van der Waals surface area contributed by atoms with Crippen LogP contribution in [0.1, 0.15) is 39.0 Å². The average Bonchev–Trinajstić information content (AvgIpc) is 2.10. The standard InChI is InChI=1S/C11H24N2O/c1-10(4-8-12)13-9-7-11(14-2)5-3-6-11/h10,13H,3-9,12H2,1-2H3. The Morgan fingerprint density at radius 3 is 2.64 bits per heavy atom. The van der Waals surface area contributed by atoms with Crippen molar-refractivity contribution in [1.82, 2.24) is 5.32 Å². The van der Waals surface area contributed by atoms with Crippen LogP contribution in [0.15, 0.2) is 0 Å². The second-order valence-electron chi connectivity index (χ2n) is 4.42. The fourth-order valence-electron chi connectivity index (χ4n) is 2.03. The summed E-state index contributed by atoms with van der Waals surface area (Å²) in [5.74, 6) is 0. The lowest BCUT2D eigenvalue weighted by molar-refractivity contribution is -0.0770. The highest BCUT2D eigenvalue weighted by atomic mass is 16.5. The molecule has 0 bridgehead atoms. The van der Waals surface area contributed by atoms with Gasteiger partial charge in [-0.15, -0.1) is 0 Å². The van der Waals surface area contributed by atoms with E-state index in [4.69, 9.17) is 10.5 Å². The first-order chi connectivity index (χ1) is 6.72. The SMILES string of the molecule is COC1(CCNC(C)CCN)CCC1. The molecule has 14 heavy (non-hydrogen) atoms. The number of rotatable bonds is 7. The summed E-state index contributed by atoms with van der Waals surface area (Å²) in [5.41, 5.74) is 5.69. The van der Waals surface area contributed by atoms with Crippen LogP contribution in [0.5, 0.6) is 0 Å². The Labute approximate surface area is 87.4 Å². The van der Waals surface area contributed by atoms with E-state index in [0.717, 1.165) is 25.9 Å². The summed E-state index contributed by atoms with van der Waals surface area (Å²) in [5, 5.41) is 3.48. The first kappa shape index (κ1) is 12.0. The van der Waals surface area contributed by atoms with Crippen molar-refractivity contribution in [1.29, 1.82) is 0 Å². The summed E-state index contributed by atoms with van der Waals surface area (Å²) in [6.07, 6.45) is 5.98. The van der Waals surface area contributed by atoms with Crippen molar-refractivity contribution in [3.63, 3.8) is 0 Å². The van der Waals surface area contributed by atoms with E-state index in [1.54, 1.807) is 0 Å². The normalized spacial score (nSPS) is 21.6. The van der Waals surface area contributed by atoms with E-state index < -0.39 is 0 Å². The Hall–Kier alpha value is -0.120. The minimum absolute atomic E-state index is 0.204. The van der Waals surface area contributed by atoms with Crippen molar-refractivity contribution in [2.24, 2.45) is 5.73 Å². The quantitative estimate of drug-likeness (QED) is 0.650. The Morgan fingerprint density at radius 2 is 2.21 bits per heavy atom. The maximum atomic E-state index is 5.55. The molecule has 1 rings (SSSR count). The molecule has 3 heteroatoms. The molecule has 0 aliphatic heterocycles. The van der Waals surface area contributed by atoms with Crippen LogP contribution in [0.25, 0.3) is 0 Å². The van der Waals surface area contributed by atoms with Gasteiger partial charge in [0.2, 0.25) is 0 Å². The molecule has 3 nitrogen and oxygen atoms in total. The van der Waals surface area contributed by atoms with E-state index in [9.17, 15) is 0 Å². The predicted octanol–water partition coefficient (Wildman–Crippen LogP) is 1.27. The molecule has 0 saturated heterocycles. The molecule has 0 heterocycles. The van der Waals surface area contributed by atoms with Crippen molar-refractivity contribution in [3.05, 3.63) is 0 Å². The molecule has 84 valence electrons. The molecular weight excluding hydrogens is 176 g/mol. The molecule has 0 radical (unpaired) electrons. The zero-order valence-electron chi connectivity index (χ0n) is 9.51. The summed E-state index contributed by atoms with van der Waals surface area (Å²) < 4.78 is 5.55. The van der Waals surface area contributed by atoms with Crippen LogP contribution in [-0.2, 0) is 4.74 Å². The van der Waals surface area contributed by atoms with Crippen LogP contribution in [0, 0.1) is 0 Å². The maximum Gasteiger partial charge on any atom is 0.0690 e. The lowest BCUT2D eigenvalue weighted by Crippen LogP contribution is -2.43. The zero-order valence-corrected chi connectivity index (χ0v) is 9.51. The molecule has 1 aliphatic carbocycles. The van der Waals surface area contributed by atoms with E-state index in [0.29, 0.717) is 6.04 Å². The molecule has 1 atom stereocenters. The summed E-state index contributed by atoms with van der Waals surface area (Å²) in [4.78, 5) is 0. The number of hydrogen-bond acceptors (Lipinski definition) is 3. The molecule has 1 saturated carbocycles. The first-order valence-corrected chi connectivity index (χ1v) is 5.71. The average molecular weight is 200 g/mol. The van der Waals surface area contributed by atoms with Gasteiger partial charge in [0, 0.05) is 13.2 Å². The highest BCUT2D eigenvalue weighted by Gasteiger charge is 2.36. The third-order valence-electron chi connectivity index (χ3n) is 3.37. The van der Waals surface area contributed by atoms with Gasteiger partial charge in [0.25, 0.3) is 0 Å². The second kappa shape index (κ2) is 5.69. The molecule has 0 aromatic carbocycles. The predicted molar refractivity (Wildman–Crippen MR) is 59.3 cm³/mol. The largest absolute Gasteiger partial charge is 0.378 e. The maximum absolute atomic E-state index is 5.55. The second-order valence-corrected chi connectivity index (χ2v) is 4.42. The van der Waals surface area contributed by atoms with Crippen LogP contribution in [0.4, 0.5) is 0 Å². The van der Waals surface area contributed by atoms with Crippen molar-refractivity contribution in [2.45, 2.75) is 50.7 Å². The van der Waals surface area contributed by atoms with Crippen molar-refractivity contribution in [3.8, 4) is 0 Å². The summed E-state index contributed by atoms with van der Waals surface area (Å²) in [6.45, 7) is 4.01. The summed E-state index contributed by atoms with van der Waals surface area (Å²) in [6, 6.07) is 0.536. The van der Waals surface area contributed by atoms with E-state index in [2.05, 4.69) is 12.2 Å². The van der Waals surface area contributed by atoms with Gasteiger partial charge in [0.1, 0.15) is 0 Å². The van der Waals surface area contributed by atoms with Gasteiger partial charge in [-0.3, -0.25) is 0 Å². The Bertz CT molecular complexity index is 152. The molecule has 1 fully saturated rings. The van der Waals surface area contributed by atoms with Crippen LogP contribution >= 0.6 is 0 Å². The molecule has 1 aliphatic rings. The van der Waals surface area contributed by atoms with E-state index >= 15 is 0 Å². The Balaban J connectivity index is 2.08. The number of methoxy groups -OCH3 is 1. The van der Waals surface area contributed by atoms with Crippen molar-refractivity contribution >= 4 is 0 Å². The van der Waals surface area contributed by atoms with Crippen molar-refractivity contribution < 1.29 is 4.74 Å². The lowest BCUT2D eigenvalue weighted by Gasteiger charge is -2.40.